The van der Waals surface area contributed by atoms with Gasteiger partial charge in [-0.15, -0.1) is 0 Å². The van der Waals surface area contributed by atoms with Crippen LogP contribution in [0.2, 0.25) is 24.2 Å². The van der Waals surface area contributed by atoms with Crippen molar-refractivity contribution in [3.8, 4) is 0 Å². The summed E-state index contributed by atoms with van der Waals surface area (Å²) in [6.07, 6.45) is 4.02. The van der Waals surface area contributed by atoms with Crippen molar-refractivity contribution >= 4 is 65.5 Å². The summed E-state index contributed by atoms with van der Waals surface area (Å²) in [6, 6.07) is 16.6. The Labute approximate surface area is 436 Å². The van der Waals surface area contributed by atoms with Crippen LogP contribution in [0.5, 0.6) is 0 Å². The van der Waals surface area contributed by atoms with Crippen molar-refractivity contribution in [2.24, 2.45) is 0 Å². The lowest BCUT2D eigenvalue weighted by molar-refractivity contribution is -0.138. The SMILES string of the molecule is COC(=O)N[C@H](C(=O)N1CCC[C@H]1c1nc2ccc([C@H]3CC[C@H](c4ccc5nc([C@@H]6CCCN6C(=O)[C@@H](NC(=O)OC)[C@@H](C)OC)[nH]c5c4)N3c3cc(F)c(N4CC[Si]5(CCCC5)CC4)c(F)c3)cc2[nH]1)[C@@H](C)OC. The minimum Gasteiger partial charge on any atom is -0.453 e. The Morgan fingerprint density at radius 3 is 1.49 bits per heavy atom. The fraction of sp³-hybridized carbons (Fsp3) is 0.556. The monoisotopic (exact) mass is 1050 g/mol. The lowest BCUT2D eigenvalue weighted by Crippen LogP contribution is -2.54. The van der Waals surface area contributed by atoms with E-state index in [0.29, 0.717) is 80.2 Å². The van der Waals surface area contributed by atoms with E-state index >= 15 is 8.78 Å². The van der Waals surface area contributed by atoms with E-state index in [1.54, 1.807) is 23.6 Å². The molecule has 0 aliphatic carbocycles. The number of carbonyl (C=O) groups excluding carboxylic acids is 4. The molecule has 7 heterocycles. The van der Waals surface area contributed by atoms with E-state index in [1.165, 1.54) is 65.5 Å². The summed E-state index contributed by atoms with van der Waals surface area (Å²) in [5, 5.41) is 5.29. The Bertz CT molecular complexity index is 2750. The molecule has 75 heavy (non-hydrogen) atoms. The summed E-state index contributed by atoms with van der Waals surface area (Å²) < 4.78 is 54.2. The zero-order valence-electron chi connectivity index (χ0n) is 43.8. The van der Waals surface area contributed by atoms with Gasteiger partial charge < -0.3 is 59.1 Å². The van der Waals surface area contributed by atoms with Crippen molar-refractivity contribution in [2.45, 2.75) is 138 Å². The molecule has 10 rings (SSSR count). The van der Waals surface area contributed by atoms with E-state index in [9.17, 15) is 19.2 Å². The molecule has 5 aliphatic heterocycles. The standard InChI is InChI=1S/C54H70F2N10O8Si/c1-31(71-3)46(61-53(69)73-5)51(67)64-19-9-11-44(64)49-57-38-15-13-33(27-40(38)59-49)42-17-18-43(66(42)35-29-36(55)48(37(56)30-35)63-21-25-75(26-22-63)23-7-8-24-75)34-14-16-39-41(28-34)60-50(58-39)45-12-10-20-65(45)52(68)47(32(2)72-4)62-54(70)74-6/h13-16,27-32,42-47H,7-12,17-26H2,1-6H3,(H,57,59)(H,58,60)(H,61,69)(H,62,70)/t31-,32-,42-,43-,44+,45+,46+,47+/m1/s1. The molecule has 21 heteroatoms. The van der Waals surface area contributed by atoms with Gasteiger partial charge in [0.2, 0.25) is 11.8 Å². The van der Waals surface area contributed by atoms with E-state index < -0.39 is 56.2 Å². The molecule has 1 spiro atoms. The van der Waals surface area contributed by atoms with Gasteiger partial charge in [-0.05, 0) is 112 Å². The zero-order chi connectivity index (χ0) is 52.7. The van der Waals surface area contributed by atoms with Gasteiger partial charge in [-0.25, -0.2) is 28.3 Å². The maximum absolute atomic E-state index is 16.8. The van der Waals surface area contributed by atoms with Crippen LogP contribution in [-0.4, -0.2) is 141 Å². The second-order valence-corrected chi connectivity index (χ2v) is 26.3. The number of nitrogens with one attached hydrogen (secondary N) is 4. The number of alkyl carbamates (subject to hydrolysis) is 2. The Hall–Kier alpha value is -6.32. The summed E-state index contributed by atoms with van der Waals surface area (Å²) in [7, 11) is 4.12. The molecule has 4 N–H and O–H groups in total. The summed E-state index contributed by atoms with van der Waals surface area (Å²) in [5.41, 5.74) is 5.30. The first-order chi connectivity index (χ1) is 36.2. The number of hydrogen-bond acceptors (Lipinski definition) is 12. The molecule has 0 bridgehead atoms. The summed E-state index contributed by atoms with van der Waals surface area (Å²) in [4.78, 5) is 77.2. The van der Waals surface area contributed by atoms with Gasteiger partial charge in [0.05, 0.1) is 80.7 Å². The molecule has 5 fully saturated rings. The normalized spacial score (nSPS) is 23.3. The molecule has 0 saturated carbocycles. The second kappa shape index (κ2) is 21.7. The number of aromatic amines is 2. The number of ether oxygens (including phenoxy) is 4. The van der Waals surface area contributed by atoms with E-state index in [1.807, 2.05) is 29.2 Å². The van der Waals surface area contributed by atoms with E-state index in [-0.39, 0.29) is 41.7 Å². The Morgan fingerprint density at radius 2 is 1.07 bits per heavy atom. The highest BCUT2D eigenvalue weighted by molar-refractivity contribution is 6.80. The molecule has 5 aromatic rings. The van der Waals surface area contributed by atoms with Gasteiger partial charge in [0.25, 0.3) is 0 Å². The number of anilines is 2. The number of nitrogens with zero attached hydrogens (tertiary/aromatic N) is 6. The number of amides is 4. The number of hydrogen-bond donors (Lipinski definition) is 4. The highest BCUT2D eigenvalue weighted by Gasteiger charge is 2.43. The van der Waals surface area contributed by atoms with Crippen molar-refractivity contribution in [3.63, 3.8) is 0 Å². The molecule has 8 atom stereocenters. The van der Waals surface area contributed by atoms with Crippen LogP contribution in [0.3, 0.4) is 0 Å². The quantitative estimate of drug-likeness (QED) is 0.0773. The summed E-state index contributed by atoms with van der Waals surface area (Å²) in [6.45, 7) is 5.75. The molecule has 2 aromatic heterocycles. The highest BCUT2D eigenvalue weighted by atomic mass is 28.3. The average molecular weight is 1050 g/mol. The van der Waals surface area contributed by atoms with Crippen molar-refractivity contribution in [1.82, 2.24) is 40.4 Å². The van der Waals surface area contributed by atoms with Crippen molar-refractivity contribution in [3.05, 3.63) is 82.9 Å². The predicted octanol–water partition coefficient (Wildman–Crippen LogP) is 8.71. The van der Waals surface area contributed by atoms with Crippen molar-refractivity contribution < 1.29 is 46.9 Å². The van der Waals surface area contributed by atoms with Crippen molar-refractivity contribution in [2.75, 3.05) is 64.4 Å². The smallest absolute Gasteiger partial charge is 0.407 e. The van der Waals surface area contributed by atoms with Crippen LogP contribution in [0.15, 0.2) is 48.5 Å². The van der Waals surface area contributed by atoms with Crippen LogP contribution in [0, 0.1) is 11.6 Å². The van der Waals surface area contributed by atoms with Gasteiger partial charge >= 0.3 is 12.2 Å². The Balaban J connectivity index is 0.966. The minimum atomic E-state index is -1.35. The molecular weight excluding hydrogens is 983 g/mol. The van der Waals surface area contributed by atoms with Crippen LogP contribution in [-0.2, 0) is 28.5 Å². The molecule has 5 saturated heterocycles. The maximum Gasteiger partial charge on any atom is 0.407 e. The average Bonchev–Trinajstić information content (AvgIpc) is 4.30. The second-order valence-electron chi connectivity index (χ2n) is 21.3. The highest BCUT2D eigenvalue weighted by Crippen LogP contribution is 2.49. The first kappa shape index (κ1) is 52.1. The molecule has 0 radical (unpaired) electrons. The Morgan fingerprint density at radius 1 is 0.613 bits per heavy atom. The third-order valence-corrected chi connectivity index (χ3v) is 22.5. The predicted molar refractivity (Wildman–Crippen MR) is 281 cm³/mol. The van der Waals surface area contributed by atoms with Gasteiger partial charge in [-0.3, -0.25) is 9.59 Å². The number of fused-ring (bicyclic) bond motifs is 2. The fourth-order valence-electron chi connectivity index (χ4n) is 12.9. The minimum absolute atomic E-state index is 0.0535. The van der Waals surface area contributed by atoms with Gasteiger partial charge in [0, 0.05) is 46.1 Å². The van der Waals surface area contributed by atoms with Crippen LogP contribution >= 0.6 is 0 Å². The molecule has 3 aromatic carbocycles. The van der Waals surface area contributed by atoms with E-state index in [0.717, 1.165) is 47.1 Å². The van der Waals surface area contributed by atoms with Crippen molar-refractivity contribution in [1.29, 1.82) is 0 Å². The molecule has 402 valence electrons. The van der Waals surface area contributed by atoms with Crippen LogP contribution in [0.25, 0.3) is 22.1 Å². The number of rotatable bonds is 14. The molecule has 18 nitrogen and oxygen atoms in total. The maximum atomic E-state index is 16.8. The van der Waals surface area contributed by atoms with Gasteiger partial charge in [0.1, 0.15) is 29.4 Å². The van der Waals surface area contributed by atoms with Gasteiger partial charge in [0.15, 0.2) is 11.6 Å². The molecular formula is C54H70F2N10O8Si. The van der Waals surface area contributed by atoms with Crippen LogP contribution in [0.4, 0.5) is 29.7 Å². The molecule has 4 amide bonds. The summed E-state index contributed by atoms with van der Waals surface area (Å²) in [5.74, 6) is -0.497. The van der Waals surface area contributed by atoms with E-state index in [2.05, 4.69) is 37.6 Å². The van der Waals surface area contributed by atoms with Crippen LogP contribution in [0.1, 0.15) is 112 Å². The third-order valence-electron chi connectivity index (χ3n) is 17.1. The topological polar surface area (TPSA) is 200 Å². The number of halogens is 2. The van der Waals surface area contributed by atoms with E-state index in [4.69, 9.17) is 28.9 Å². The number of imidazole rings is 2. The van der Waals surface area contributed by atoms with Gasteiger partial charge in [-0.1, -0.05) is 37.1 Å². The number of likely N-dealkylation sites (tertiary alicyclic amines) is 2. The lowest BCUT2D eigenvalue weighted by Gasteiger charge is -2.39. The largest absolute Gasteiger partial charge is 0.453 e. The Kier molecular flexibility index (Phi) is 15.1. The number of aromatic nitrogens is 4. The lowest BCUT2D eigenvalue weighted by atomic mass is 10.0. The number of carbonyl (C=O) groups is 4. The third kappa shape index (κ3) is 10.1. The van der Waals surface area contributed by atoms with Crippen LogP contribution < -0.4 is 20.4 Å². The first-order valence-corrected chi connectivity index (χ1v) is 29.4. The zero-order valence-corrected chi connectivity index (χ0v) is 44.8. The number of methoxy groups -OCH3 is 4. The number of benzene rings is 3. The first-order valence-electron chi connectivity index (χ1n) is 26.6. The number of H-pyrrole nitrogens is 2. The molecule has 0 unspecified atom stereocenters. The fourth-order valence-corrected chi connectivity index (χ4v) is 17.9. The van der Waals surface area contributed by atoms with Gasteiger partial charge in [-0.2, -0.15) is 0 Å². The summed E-state index contributed by atoms with van der Waals surface area (Å²) >= 11 is 0. The molecule has 5 aliphatic rings.